The van der Waals surface area contributed by atoms with Crippen molar-refractivity contribution in [3.63, 3.8) is 0 Å². The monoisotopic (exact) mass is 312 g/mol. The lowest BCUT2D eigenvalue weighted by Gasteiger charge is -2.25. The fourth-order valence-corrected chi connectivity index (χ4v) is 2.97. The van der Waals surface area contributed by atoms with Crippen LogP contribution >= 0.6 is 0 Å². The summed E-state index contributed by atoms with van der Waals surface area (Å²) in [4.78, 5) is 22.4. The quantitative estimate of drug-likeness (QED) is 0.907. The van der Waals surface area contributed by atoms with E-state index in [9.17, 15) is 4.79 Å². The van der Waals surface area contributed by atoms with Gasteiger partial charge in [-0.1, -0.05) is 6.07 Å². The van der Waals surface area contributed by atoms with Gasteiger partial charge in [-0.05, 0) is 17.7 Å². The van der Waals surface area contributed by atoms with Crippen molar-refractivity contribution in [2.24, 2.45) is 0 Å². The average molecular weight is 312 g/mol. The molecule has 2 aromatic rings. The van der Waals surface area contributed by atoms with Crippen LogP contribution in [0.2, 0.25) is 0 Å². The summed E-state index contributed by atoms with van der Waals surface area (Å²) >= 11 is 0. The minimum atomic E-state index is -0.0122. The molecule has 1 N–H and O–H groups in total. The molecule has 120 valence electrons. The van der Waals surface area contributed by atoms with Gasteiger partial charge in [0, 0.05) is 50.7 Å². The molecule has 3 heterocycles. The number of nitrogens with one attached hydrogen (secondary N) is 1. The molecular formula is C17H20N4O2. The van der Waals surface area contributed by atoms with Crippen LogP contribution in [0.4, 0.5) is 0 Å². The number of hydrogen-bond donors (Lipinski definition) is 1. The molecule has 1 fully saturated rings. The van der Waals surface area contributed by atoms with E-state index in [1.165, 1.54) is 0 Å². The SMILES string of the molecule is COc1ccnc(CN[C@@H]2CC(=O)N(C)[C@H]2c2cccnc2)c1. The Morgan fingerprint density at radius 1 is 1.39 bits per heavy atom. The lowest BCUT2D eigenvalue weighted by Crippen LogP contribution is -2.35. The minimum Gasteiger partial charge on any atom is -0.497 e. The number of hydrogen-bond acceptors (Lipinski definition) is 5. The maximum Gasteiger partial charge on any atom is 0.224 e. The van der Waals surface area contributed by atoms with Crippen molar-refractivity contribution in [2.75, 3.05) is 14.2 Å². The van der Waals surface area contributed by atoms with Crippen LogP contribution in [0.3, 0.4) is 0 Å². The van der Waals surface area contributed by atoms with Gasteiger partial charge in [0.25, 0.3) is 0 Å². The number of likely N-dealkylation sites (N-methyl/N-ethyl adjacent to an activating group) is 1. The van der Waals surface area contributed by atoms with Gasteiger partial charge < -0.3 is 15.0 Å². The van der Waals surface area contributed by atoms with Crippen LogP contribution < -0.4 is 10.1 Å². The Labute approximate surface area is 135 Å². The number of pyridine rings is 2. The Kier molecular flexibility index (Phi) is 4.52. The molecule has 1 amide bonds. The molecule has 1 aliphatic heterocycles. The molecule has 0 aromatic carbocycles. The number of aromatic nitrogens is 2. The van der Waals surface area contributed by atoms with Crippen LogP contribution in [0.25, 0.3) is 0 Å². The molecule has 1 saturated heterocycles. The number of methoxy groups -OCH3 is 1. The molecule has 2 aromatic heterocycles. The topological polar surface area (TPSA) is 67.3 Å². The van der Waals surface area contributed by atoms with E-state index in [1.54, 1.807) is 24.4 Å². The van der Waals surface area contributed by atoms with Crippen molar-refractivity contribution in [3.8, 4) is 5.75 Å². The molecule has 0 aliphatic carbocycles. The molecule has 6 heteroatoms. The van der Waals surface area contributed by atoms with E-state index in [4.69, 9.17) is 4.74 Å². The van der Waals surface area contributed by atoms with E-state index in [-0.39, 0.29) is 18.0 Å². The molecule has 0 saturated carbocycles. The maximum atomic E-state index is 12.1. The van der Waals surface area contributed by atoms with E-state index in [1.807, 2.05) is 37.5 Å². The van der Waals surface area contributed by atoms with E-state index < -0.39 is 0 Å². The highest BCUT2D eigenvalue weighted by molar-refractivity contribution is 5.80. The normalized spacial score (nSPS) is 20.8. The van der Waals surface area contributed by atoms with Crippen LogP contribution in [-0.2, 0) is 11.3 Å². The molecule has 0 radical (unpaired) electrons. The van der Waals surface area contributed by atoms with Gasteiger partial charge in [0.1, 0.15) is 5.75 Å². The van der Waals surface area contributed by atoms with Gasteiger partial charge >= 0.3 is 0 Å². The largest absolute Gasteiger partial charge is 0.497 e. The highest BCUT2D eigenvalue weighted by Crippen LogP contribution is 2.31. The highest BCUT2D eigenvalue weighted by Gasteiger charge is 2.38. The molecule has 0 spiro atoms. The summed E-state index contributed by atoms with van der Waals surface area (Å²) in [5.41, 5.74) is 1.92. The number of likely N-dealkylation sites (tertiary alicyclic amines) is 1. The van der Waals surface area contributed by atoms with Gasteiger partial charge in [-0.2, -0.15) is 0 Å². The van der Waals surface area contributed by atoms with Gasteiger partial charge in [-0.3, -0.25) is 14.8 Å². The van der Waals surface area contributed by atoms with Gasteiger partial charge in [0.2, 0.25) is 5.91 Å². The van der Waals surface area contributed by atoms with Gasteiger partial charge in [-0.15, -0.1) is 0 Å². The summed E-state index contributed by atoms with van der Waals surface area (Å²) in [6, 6.07) is 7.63. The van der Waals surface area contributed by atoms with Gasteiger partial charge in [-0.25, -0.2) is 0 Å². The number of ether oxygens (including phenoxy) is 1. The van der Waals surface area contributed by atoms with Gasteiger partial charge in [0.15, 0.2) is 0 Å². The zero-order chi connectivity index (χ0) is 16.2. The maximum absolute atomic E-state index is 12.1. The van der Waals surface area contributed by atoms with Crippen LogP contribution in [0, 0.1) is 0 Å². The second-order valence-electron chi connectivity index (χ2n) is 5.61. The summed E-state index contributed by atoms with van der Waals surface area (Å²) in [5.74, 6) is 0.912. The van der Waals surface area contributed by atoms with Crippen molar-refractivity contribution < 1.29 is 9.53 Å². The molecule has 6 nitrogen and oxygen atoms in total. The summed E-state index contributed by atoms with van der Waals surface area (Å²) in [7, 11) is 3.47. The van der Waals surface area contributed by atoms with E-state index in [0.29, 0.717) is 13.0 Å². The first-order valence-electron chi connectivity index (χ1n) is 7.57. The Bertz CT molecular complexity index is 677. The predicted octanol–water partition coefficient (Wildman–Crippen LogP) is 1.55. The molecule has 3 rings (SSSR count). The fraction of sp³-hybridized carbons (Fsp3) is 0.353. The summed E-state index contributed by atoms with van der Waals surface area (Å²) in [6.07, 6.45) is 5.75. The third-order valence-electron chi connectivity index (χ3n) is 4.18. The van der Waals surface area contributed by atoms with Crippen molar-refractivity contribution in [1.82, 2.24) is 20.2 Å². The Morgan fingerprint density at radius 3 is 3.00 bits per heavy atom. The first-order valence-corrected chi connectivity index (χ1v) is 7.57. The van der Waals surface area contributed by atoms with Crippen LogP contribution in [0.1, 0.15) is 23.7 Å². The smallest absolute Gasteiger partial charge is 0.224 e. The number of nitrogens with zero attached hydrogens (tertiary/aromatic N) is 3. The Balaban J connectivity index is 1.74. The number of carbonyl (C=O) groups is 1. The molecule has 23 heavy (non-hydrogen) atoms. The molecule has 0 bridgehead atoms. The molecule has 0 unspecified atom stereocenters. The Morgan fingerprint density at radius 2 is 2.26 bits per heavy atom. The lowest BCUT2D eigenvalue weighted by atomic mass is 10.0. The predicted molar refractivity (Wildman–Crippen MR) is 85.8 cm³/mol. The van der Waals surface area contributed by atoms with E-state index >= 15 is 0 Å². The molecule has 2 atom stereocenters. The number of carbonyl (C=O) groups excluding carboxylic acids is 1. The standard InChI is InChI=1S/C17H20N4O2/c1-21-16(22)9-15(17(21)12-4-3-6-18-10-12)20-11-13-8-14(23-2)5-7-19-13/h3-8,10,15,17,20H,9,11H2,1-2H3/t15-,17+/m1/s1. The highest BCUT2D eigenvalue weighted by atomic mass is 16.5. The lowest BCUT2D eigenvalue weighted by molar-refractivity contribution is -0.127. The summed E-state index contributed by atoms with van der Waals surface area (Å²) in [5, 5.41) is 3.45. The molecular weight excluding hydrogens is 292 g/mol. The van der Waals surface area contributed by atoms with Crippen molar-refractivity contribution in [3.05, 3.63) is 54.1 Å². The van der Waals surface area contributed by atoms with Crippen molar-refractivity contribution in [2.45, 2.75) is 25.0 Å². The first-order chi connectivity index (χ1) is 11.2. The van der Waals surface area contributed by atoms with E-state index in [0.717, 1.165) is 17.0 Å². The third kappa shape index (κ3) is 3.32. The van der Waals surface area contributed by atoms with Crippen molar-refractivity contribution >= 4 is 5.91 Å². The summed E-state index contributed by atoms with van der Waals surface area (Å²) < 4.78 is 5.21. The zero-order valence-corrected chi connectivity index (χ0v) is 13.3. The third-order valence-corrected chi connectivity index (χ3v) is 4.18. The zero-order valence-electron chi connectivity index (χ0n) is 13.3. The first kappa shape index (κ1) is 15.4. The van der Waals surface area contributed by atoms with Gasteiger partial charge in [0.05, 0.1) is 18.8 Å². The molecule has 1 aliphatic rings. The van der Waals surface area contributed by atoms with Crippen LogP contribution in [-0.4, -0.2) is 41.0 Å². The number of amides is 1. The van der Waals surface area contributed by atoms with Crippen molar-refractivity contribution in [1.29, 1.82) is 0 Å². The summed E-state index contributed by atoms with van der Waals surface area (Å²) in [6.45, 7) is 0.583. The average Bonchev–Trinajstić information content (AvgIpc) is 2.88. The number of rotatable bonds is 5. The fourth-order valence-electron chi connectivity index (χ4n) is 2.97. The van der Waals surface area contributed by atoms with E-state index in [2.05, 4.69) is 15.3 Å². The van der Waals surface area contributed by atoms with Crippen LogP contribution in [0.5, 0.6) is 5.75 Å². The Hall–Kier alpha value is -2.47. The minimum absolute atomic E-state index is 0.0122. The van der Waals surface area contributed by atoms with Crippen LogP contribution in [0.15, 0.2) is 42.9 Å². The second kappa shape index (κ2) is 6.75. The second-order valence-corrected chi connectivity index (χ2v) is 5.61.